The SMILES string of the molecule is CCOC(=O)c1sc2nc(C)nc(Oc3ccc(C#N)cc3)c2c1C. The van der Waals surface area contributed by atoms with Crippen LogP contribution < -0.4 is 4.74 Å². The minimum atomic E-state index is -0.370. The van der Waals surface area contributed by atoms with Crippen LogP contribution in [0.15, 0.2) is 24.3 Å². The van der Waals surface area contributed by atoms with Gasteiger partial charge in [0.25, 0.3) is 0 Å². The number of hydrogen-bond donors (Lipinski definition) is 0. The first-order valence-electron chi connectivity index (χ1n) is 7.66. The Morgan fingerprint density at radius 1 is 1.24 bits per heavy atom. The number of thiophene rings is 1. The van der Waals surface area contributed by atoms with E-state index in [-0.39, 0.29) is 5.97 Å². The van der Waals surface area contributed by atoms with Gasteiger partial charge in [-0.05, 0) is 50.6 Å². The Labute approximate surface area is 148 Å². The summed E-state index contributed by atoms with van der Waals surface area (Å²) in [7, 11) is 0. The van der Waals surface area contributed by atoms with Gasteiger partial charge in [-0.15, -0.1) is 11.3 Å². The summed E-state index contributed by atoms with van der Waals surface area (Å²) in [6.45, 7) is 5.68. The molecule has 0 fully saturated rings. The van der Waals surface area contributed by atoms with E-state index in [0.717, 1.165) is 5.56 Å². The van der Waals surface area contributed by atoms with Gasteiger partial charge < -0.3 is 9.47 Å². The molecular weight excluding hydrogens is 338 g/mol. The molecule has 25 heavy (non-hydrogen) atoms. The van der Waals surface area contributed by atoms with E-state index in [9.17, 15) is 4.79 Å². The molecule has 0 aliphatic heterocycles. The molecule has 0 aliphatic carbocycles. The first-order valence-corrected chi connectivity index (χ1v) is 8.48. The van der Waals surface area contributed by atoms with Gasteiger partial charge >= 0.3 is 5.97 Å². The summed E-state index contributed by atoms with van der Waals surface area (Å²) in [6.07, 6.45) is 0. The van der Waals surface area contributed by atoms with Crippen LogP contribution in [0.3, 0.4) is 0 Å². The largest absolute Gasteiger partial charge is 0.462 e. The molecular formula is C18H15N3O3S. The molecule has 2 aromatic heterocycles. The second kappa shape index (κ2) is 6.87. The number of nitriles is 1. The molecule has 0 amide bonds. The Morgan fingerprint density at radius 3 is 2.60 bits per heavy atom. The number of esters is 1. The van der Waals surface area contributed by atoms with Crippen LogP contribution in [0, 0.1) is 25.2 Å². The van der Waals surface area contributed by atoms with E-state index in [1.165, 1.54) is 11.3 Å². The molecule has 0 radical (unpaired) electrons. The van der Waals surface area contributed by atoms with Gasteiger partial charge in [0.1, 0.15) is 21.3 Å². The van der Waals surface area contributed by atoms with Crippen molar-refractivity contribution >= 4 is 27.5 Å². The van der Waals surface area contributed by atoms with E-state index in [0.29, 0.717) is 44.7 Å². The fourth-order valence-corrected chi connectivity index (χ4v) is 3.49. The summed E-state index contributed by atoms with van der Waals surface area (Å²) in [5.41, 5.74) is 1.29. The predicted molar refractivity (Wildman–Crippen MR) is 94.1 cm³/mol. The van der Waals surface area contributed by atoms with Crippen LogP contribution in [0.2, 0.25) is 0 Å². The number of carbonyl (C=O) groups is 1. The highest BCUT2D eigenvalue weighted by Gasteiger charge is 2.22. The normalized spacial score (nSPS) is 10.5. The molecule has 7 heteroatoms. The Morgan fingerprint density at radius 2 is 1.96 bits per heavy atom. The van der Waals surface area contributed by atoms with Crippen molar-refractivity contribution in [3.63, 3.8) is 0 Å². The Bertz CT molecular complexity index is 987. The molecule has 0 spiro atoms. The second-order valence-corrected chi connectivity index (χ2v) is 6.27. The topological polar surface area (TPSA) is 85.1 Å². The molecule has 3 rings (SSSR count). The number of rotatable bonds is 4. The lowest BCUT2D eigenvalue weighted by Crippen LogP contribution is -2.03. The average molecular weight is 353 g/mol. The van der Waals surface area contributed by atoms with Crippen LogP contribution in [0.4, 0.5) is 0 Å². The lowest BCUT2D eigenvalue weighted by atomic mass is 10.2. The molecule has 0 saturated heterocycles. The van der Waals surface area contributed by atoms with E-state index < -0.39 is 0 Å². The van der Waals surface area contributed by atoms with E-state index in [2.05, 4.69) is 16.0 Å². The van der Waals surface area contributed by atoms with E-state index in [1.807, 2.05) is 6.92 Å². The third-order valence-corrected chi connectivity index (χ3v) is 4.69. The monoisotopic (exact) mass is 353 g/mol. The number of fused-ring (bicyclic) bond motifs is 1. The van der Waals surface area contributed by atoms with E-state index in [1.54, 1.807) is 38.1 Å². The Hall–Kier alpha value is -2.98. The number of ether oxygens (including phenoxy) is 2. The number of benzene rings is 1. The Balaban J connectivity index is 2.07. The van der Waals surface area contributed by atoms with Crippen molar-refractivity contribution in [2.45, 2.75) is 20.8 Å². The zero-order valence-electron chi connectivity index (χ0n) is 14.0. The number of carbonyl (C=O) groups excluding carboxylic acids is 1. The third-order valence-electron chi connectivity index (χ3n) is 3.53. The van der Waals surface area contributed by atoms with Crippen LogP contribution in [0.25, 0.3) is 10.2 Å². The molecule has 2 heterocycles. The molecule has 0 N–H and O–H groups in total. The van der Waals surface area contributed by atoms with Gasteiger partial charge in [0.15, 0.2) is 0 Å². The summed E-state index contributed by atoms with van der Waals surface area (Å²) in [5.74, 6) is 1.12. The van der Waals surface area contributed by atoms with E-state index in [4.69, 9.17) is 14.7 Å². The molecule has 0 saturated carbocycles. The third kappa shape index (κ3) is 3.30. The minimum absolute atomic E-state index is 0.311. The average Bonchev–Trinajstić information content (AvgIpc) is 2.92. The molecule has 1 aromatic carbocycles. The van der Waals surface area contributed by atoms with Gasteiger partial charge in [0, 0.05) is 0 Å². The van der Waals surface area contributed by atoms with Gasteiger partial charge in [-0.25, -0.2) is 9.78 Å². The maximum Gasteiger partial charge on any atom is 0.348 e. The highest BCUT2D eigenvalue weighted by Crippen LogP contribution is 2.37. The zero-order chi connectivity index (χ0) is 18.0. The van der Waals surface area contributed by atoms with Crippen LogP contribution in [-0.2, 0) is 4.74 Å². The van der Waals surface area contributed by atoms with Gasteiger partial charge in [0.05, 0.1) is 23.6 Å². The van der Waals surface area contributed by atoms with Crippen LogP contribution >= 0.6 is 11.3 Å². The predicted octanol–water partition coefficient (Wildman–Crippen LogP) is 4.15. The van der Waals surface area contributed by atoms with Crippen molar-refractivity contribution in [2.24, 2.45) is 0 Å². The van der Waals surface area contributed by atoms with Gasteiger partial charge in [-0.3, -0.25) is 0 Å². The van der Waals surface area contributed by atoms with Crippen LogP contribution in [0.5, 0.6) is 11.6 Å². The molecule has 126 valence electrons. The summed E-state index contributed by atoms with van der Waals surface area (Å²) in [4.78, 5) is 22.1. The van der Waals surface area contributed by atoms with Crippen LogP contribution in [-0.4, -0.2) is 22.5 Å². The highest BCUT2D eigenvalue weighted by molar-refractivity contribution is 7.20. The molecule has 0 aliphatic rings. The van der Waals surface area contributed by atoms with Gasteiger partial charge in [-0.1, -0.05) is 0 Å². The number of aromatic nitrogens is 2. The smallest absolute Gasteiger partial charge is 0.348 e. The summed E-state index contributed by atoms with van der Waals surface area (Å²) < 4.78 is 11.0. The van der Waals surface area contributed by atoms with Crippen molar-refractivity contribution in [1.82, 2.24) is 9.97 Å². The Kier molecular flexibility index (Phi) is 4.63. The summed E-state index contributed by atoms with van der Waals surface area (Å²) in [5, 5.41) is 9.57. The number of aryl methyl sites for hydroxylation is 2. The summed E-state index contributed by atoms with van der Waals surface area (Å²) in [6, 6.07) is 8.81. The quantitative estimate of drug-likeness (QED) is 0.655. The molecule has 6 nitrogen and oxygen atoms in total. The van der Waals surface area contributed by atoms with Crippen LogP contribution in [0.1, 0.15) is 33.5 Å². The summed E-state index contributed by atoms with van der Waals surface area (Å²) >= 11 is 1.27. The number of hydrogen-bond acceptors (Lipinski definition) is 7. The maximum atomic E-state index is 12.1. The molecule has 0 atom stereocenters. The second-order valence-electron chi connectivity index (χ2n) is 5.27. The zero-order valence-corrected chi connectivity index (χ0v) is 14.8. The van der Waals surface area contributed by atoms with E-state index >= 15 is 0 Å². The lowest BCUT2D eigenvalue weighted by Gasteiger charge is -2.07. The lowest BCUT2D eigenvalue weighted by molar-refractivity contribution is 0.0531. The first-order chi connectivity index (χ1) is 12.0. The van der Waals surface area contributed by atoms with Crippen molar-refractivity contribution in [3.8, 4) is 17.7 Å². The van der Waals surface area contributed by atoms with Crippen molar-refractivity contribution < 1.29 is 14.3 Å². The molecule has 0 bridgehead atoms. The minimum Gasteiger partial charge on any atom is -0.462 e. The van der Waals surface area contributed by atoms with Gasteiger partial charge in [0.2, 0.25) is 5.88 Å². The highest BCUT2D eigenvalue weighted by atomic mass is 32.1. The van der Waals surface area contributed by atoms with Crippen molar-refractivity contribution in [1.29, 1.82) is 5.26 Å². The number of nitrogens with zero attached hydrogens (tertiary/aromatic N) is 3. The standard InChI is InChI=1S/C18H15N3O3S/c1-4-23-18(22)15-10(2)14-16(20-11(3)21-17(14)25-15)24-13-7-5-12(9-19)6-8-13/h5-8H,4H2,1-3H3. The van der Waals surface area contributed by atoms with Crippen molar-refractivity contribution in [3.05, 3.63) is 46.1 Å². The first kappa shape index (κ1) is 16.9. The fraction of sp³-hybridized carbons (Fsp3) is 0.222. The van der Waals surface area contributed by atoms with Gasteiger partial charge in [-0.2, -0.15) is 10.2 Å². The molecule has 3 aromatic rings. The fourth-order valence-electron chi connectivity index (χ4n) is 2.38. The maximum absolute atomic E-state index is 12.1. The van der Waals surface area contributed by atoms with Crippen molar-refractivity contribution in [2.75, 3.05) is 6.61 Å². The molecule has 0 unspecified atom stereocenters.